The van der Waals surface area contributed by atoms with Crippen molar-refractivity contribution in [3.8, 4) is 0 Å². The zero-order valence-electron chi connectivity index (χ0n) is 6.78. The molecule has 0 fully saturated rings. The molecule has 0 saturated carbocycles. The molecule has 0 aliphatic carbocycles. The first kappa shape index (κ1) is 10.4. The minimum Gasteiger partial charge on any atom is -0.469 e. The van der Waals surface area contributed by atoms with Gasteiger partial charge in [-0.1, -0.05) is 0 Å². The van der Waals surface area contributed by atoms with Crippen LogP contribution in [0.3, 0.4) is 0 Å². The Morgan fingerprint density at radius 2 is 2.09 bits per heavy atom. The van der Waals surface area contributed by atoms with Crippen LogP contribution in [0.25, 0.3) is 0 Å². The summed E-state index contributed by atoms with van der Waals surface area (Å²) in [5.74, 6) is -0.371. The Kier molecular flexibility index (Phi) is 4.81. The molecule has 66 valence electrons. The zero-order chi connectivity index (χ0) is 8.85. The highest BCUT2D eigenvalue weighted by molar-refractivity contribution is 5.69. The fraction of sp³-hybridized carbons (Fsp3) is 0.857. The fourth-order valence-corrected chi connectivity index (χ4v) is 0.609. The van der Waals surface area contributed by atoms with Gasteiger partial charge < -0.3 is 14.9 Å². The Hall–Kier alpha value is -0.610. The first-order valence-electron chi connectivity index (χ1n) is 3.51. The summed E-state index contributed by atoms with van der Waals surface area (Å²) in [6.45, 7) is 1.47. The van der Waals surface area contributed by atoms with Gasteiger partial charge in [-0.15, -0.1) is 0 Å². The summed E-state index contributed by atoms with van der Waals surface area (Å²) in [6, 6.07) is 0. The second-order valence-electron chi connectivity index (χ2n) is 2.42. The summed E-state index contributed by atoms with van der Waals surface area (Å²) in [4.78, 5) is 10.5. The number of hydrogen-bond donors (Lipinski definition) is 2. The van der Waals surface area contributed by atoms with Crippen LogP contribution >= 0.6 is 0 Å². The van der Waals surface area contributed by atoms with Crippen molar-refractivity contribution in [1.82, 2.24) is 0 Å². The second-order valence-corrected chi connectivity index (χ2v) is 2.42. The Bertz CT molecular complexity index is 122. The highest BCUT2D eigenvalue weighted by Crippen LogP contribution is 2.02. The van der Waals surface area contributed by atoms with Crippen LogP contribution in [0, 0.1) is 0 Å². The van der Waals surface area contributed by atoms with E-state index in [0.717, 1.165) is 0 Å². The molecule has 0 aliphatic rings. The van der Waals surface area contributed by atoms with Gasteiger partial charge >= 0.3 is 5.97 Å². The molecule has 0 heterocycles. The number of methoxy groups -OCH3 is 1. The van der Waals surface area contributed by atoms with Gasteiger partial charge in [0.2, 0.25) is 0 Å². The molecule has 0 rings (SSSR count). The Morgan fingerprint density at radius 3 is 2.45 bits per heavy atom. The van der Waals surface area contributed by atoms with Gasteiger partial charge in [0.25, 0.3) is 0 Å². The maximum atomic E-state index is 10.5. The average molecular weight is 162 g/mol. The van der Waals surface area contributed by atoms with Crippen molar-refractivity contribution in [1.29, 1.82) is 0 Å². The Morgan fingerprint density at radius 1 is 1.55 bits per heavy atom. The topological polar surface area (TPSA) is 66.8 Å². The molecule has 4 nitrogen and oxygen atoms in total. The molecule has 4 heteroatoms. The minimum absolute atomic E-state index is 0.141. The quantitative estimate of drug-likeness (QED) is 0.556. The molecule has 0 aromatic carbocycles. The highest BCUT2D eigenvalue weighted by atomic mass is 16.5. The van der Waals surface area contributed by atoms with E-state index in [4.69, 9.17) is 10.2 Å². The second kappa shape index (κ2) is 5.09. The van der Waals surface area contributed by atoms with Crippen molar-refractivity contribution >= 4 is 5.97 Å². The van der Waals surface area contributed by atoms with E-state index >= 15 is 0 Å². The number of ether oxygens (including phenoxy) is 1. The highest BCUT2D eigenvalue weighted by Gasteiger charge is 2.12. The predicted molar refractivity (Wildman–Crippen MR) is 38.9 cm³/mol. The van der Waals surface area contributed by atoms with Gasteiger partial charge in [0, 0.05) is 6.42 Å². The van der Waals surface area contributed by atoms with E-state index < -0.39 is 12.2 Å². The third kappa shape index (κ3) is 4.75. The summed E-state index contributed by atoms with van der Waals surface area (Å²) in [6.07, 6.45) is -1.25. The molecule has 0 aromatic rings. The van der Waals surface area contributed by atoms with Gasteiger partial charge in [0.1, 0.15) is 0 Å². The van der Waals surface area contributed by atoms with Crippen molar-refractivity contribution in [3.63, 3.8) is 0 Å². The van der Waals surface area contributed by atoms with Crippen LogP contribution in [-0.2, 0) is 9.53 Å². The lowest BCUT2D eigenvalue weighted by molar-refractivity contribution is -0.141. The van der Waals surface area contributed by atoms with Crippen LogP contribution in [0.2, 0.25) is 0 Å². The Balaban J connectivity index is 3.45. The van der Waals surface area contributed by atoms with Gasteiger partial charge in [-0.05, 0) is 13.3 Å². The molecule has 0 aromatic heterocycles. The van der Waals surface area contributed by atoms with Crippen LogP contribution in [-0.4, -0.2) is 35.5 Å². The first-order valence-corrected chi connectivity index (χ1v) is 3.51. The van der Waals surface area contributed by atoms with E-state index in [0.29, 0.717) is 0 Å². The molecular formula is C7H14O4. The van der Waals surface area contributed by atoms with Gasteiger partial charge in [-0.25, -0.2) is 0 Å². The van der Waals surface area contributed by atoms with Crippen LogP contribution in [0.4, 0.5) is 0 Å². The first-order chi connectivity index (χ1) is 5.07. The number of rotatable bonds is 4. The number of carbonyl (C=O) groups is 1. The lowest BCUT2D eigenvalue weighted by atomic mass is 10.1. The number of carbonyl (C=O) groups excluding carboxylic acids is 1. The Labute approximate surface area is 65.8 Å². The monoisotopic (exact) mass is 162 g/mol. The summed E-state index contributed by atoms with van der Waals surface area (Å²) in [5.41, 5.74) is 0. The van der Waals surface area contributed by atoms with E-state index in [-0.39, 0.29) is 18.8 Å². The molecule has 0 bridgehead atoms. The number of esters is 1. The maximum Gasteiger partial charge on any atom is 0.305 e. The molecule has 0 spiro atoms. The van der Waals surface area contributed by atoms with E-state index in [9.17, 15) is 4.79 Å². The number of aliphatic hydroxyl groups excluding tert-OH is 2. The molecule has 11 heavy (non-hydrogen) atoms. The number of aliphatic hydroxyl groups is 2. The summed E-state index contributed by atoms with van der Waals surface area (Å²) in [7, 11) is 1.29. The zero-order valence-corrected chi connectivity index (χ0v) is 6.78. The average Bonchev–Trinajstić information content (AvgIpc) is 1.99. The van der Waals surface area contributed by atoms with Gasteiger partial charge in [-0.2, -0.15) is 0 Å². The van der Waals surface area contributed by atoms with Crippen molar-refractivity contribution in [2.24, 2.45) is 0 Å². The fourth-order valence-electron chi connectivity index (χ4n) is 0.609. The SMILES string of the molecule is COC(=O)CCC(O)C(C)O. The van der Waals surface area contributed by atoms with Crippen LogP contribution in [0.5, 0.6) is 0 Å². The van der Waals surface area contributed by atoms with E-state index in [1.54, 1.807) is 0 Å². The molecule has 2 unspecified atom stereocenters. The smallest absolute Gasteiger partial charge is 0.305 e. The van der Waals surface area contributed by atoms with E-state index in [1.807, 2.05) is 0 Å². The van der Waals surface area contributed by atoms with Crippen molar-refractivity contribution in [2.45, 2.75) is 32.0 Å². The lowest BCUT2D eigenvalue weighted by Crippen LogP contribution is -2.23. The summed E-state index contributed by atoms with van der Waals surface area (Å²) in [5, 5.41) is 17.8. The third-order valence-corrected chi connectivity index (χ3v) is 1.43. The van der Waals surface area contributed by atoms with Crippen LogP contribution in [0.15, 0.2) is 0 Å². The molecule has 0 amide bonds. The normalized spacial score (nSPS) is 15.6. The molecule has 0 aliphatic heterocycles. The molecular weight excluding hydrogens is 148 g/mol. The largest absolute Gasteiger partial charge is 0.469 e. The van der Waals surface area contributed by atoms with Gasteiger partial charge in [0.15, 0.2) is 0 Å². The molecule has 2 N–H and O–H groups in total. The van der Waals surface area contributed by atoms with E-state index in [1.165, 1.54) is 14.0 Å². The standard InChI is InChI=1S/C7H14O4/c1-5(8)6(9)3-4-7(10)11-2/h5-6,8-9H,3-4H2,1-2H3. The summed E-state index contributed by atoms with van der Waals surface area (Å²) < 4.78 is 4.35. The van der Waals surface area contributed by atoms with Crippen LogP contribution in [0.1, 0.15) is 19.8 Å². The van der Waals surface area contributed by atoms with E-state index in [2.05, 4.69) is 4.74 Å². The number of hydrogen-bond acceptors (Lipinski definition) is 4. The summed E-state index contributed by atoms with van der Waals surface area (Å²) >= 11 is 0. The van der Waals surface area contributed by atoms with Crippen molar-refractivity contribution < 1.29 is 19.7 Å². The van der Waals surface area contributed by atoms with Gasteiger partial charge in [0.05, 0.1) is 19.3 Å². The van der Waals surface area contributed by atoms with Crippen molar-refractivity contribution in [3.05, 3.63) is 0 Å². The lowest BCUT2D eigenvalue weighted by Gasteiger charge is -2.11. The van der Waals surface area contributed by atoms with Gasteiger partial charge in [-0.3, -0.25) is 4.79 Å². The van der Waals surface area contributed by atoms with Crippen molar-refractivity contribution in [2.75, 3.05) is 7.11 Å². The minimum atomic E-state index is -0.839. The molecule has 0 radical (unpaired) electrons. The molecule has 0 saturated heterocycles. The third-order valence-electron chi connectivity index (χ3n) is 1.43. The van der Waals surface area contributed by atoms with Crippen LogP contribution < -0.4 is 0 Å². The molecule has 2 atom stereocenters. The predicted octanol–water partition coefficient (Wildman–Crippen LogP) is -0.319. The maximum absolute atomic E-state index is 10.5.